The van der Waals surface area contributed by atoms with Gasteiger partial charge in [-0.2, -0.15) is 0 Å². The van der Waals surface area contributed by atoms with E-state index >= 15 is 0 Å². The Bertz CT molecular complexity index is 466. The zero-order chi connectivity index (χ0) is 11.0. The Morgan fingerprint density at radius 2 is 2.20 bits per heavy atom. The Morgan fingerprint density at radius 1 is 1.47 bits per heavy atom. The molecule has 15 heavy (non-hydrogen) atoms. The molecule has 0 radical (unpaired) electrons. The lowest BCUT2D eigenvalue weighted by atomic mass is 10.2. The Kier molecular flexibility index (Phi) is 2.30. The summed E-state index contributed by atoms with van der Waals surface area (Å²) in [5, 5.41) is 8.56. The number of nitrogens with zero attached hydrogens (tertiary/aromatic N) is 1. The summed E-state index contributed by atoms with van der Waals surface area (Å²) in [5.74, 6) is -1.63. The van der Waals surface area contributed by atoms with Crippen LogP contribution < -0.4 is 5.56 Å². The van der Waals surface area contributed by atoms with E-state index in [1.54, 1.807) is 6.07 Å². The van der Waals surface area contributed by atoms with Crippen LogP contribution in [0.3, 0.4) is 0 Å². The molecular formula is C10H10FNO3. The normalized spacial score (nSPS) is 16.1. The first-order valence-corrected chi connectivity index (χ1v) is 4.71. The van der Waals surface area contributed by atoms with E-state index in [9.17, 15) is 14.0 Å². The van der Waals surface area contributed by atoms with E-state index in [2.05, 4.69) is 0 Å². The van der Waals surface area contributed by atoms with Crippen LogP contribution in [0.4, 0.5) is 4.39 Å². The summed E-state index contributed by atoms with van der Waals surface area (Å²) in [7, 11) is 0. The molecular weight excluding hydrogens is 201 g/mol. The van der Waals surface area contributed by atoms with Crippen molar-refractivity contribution in [2.24, 2.45) is 0 Å². The van der Waals surface area contributed by atoms with Crippen molar-refractivity contribution in [2.75, 3.05) is 0 Å². The number of halogens is 1. The zero-order valence-electron chi connectivity index (χ0n) is 7.94. The highest BCUT2D eigenvalue weighted by molar-refractivity contribution is 5.70. The van der Waals surface area contributed by atoms with E-state index in [1.165, 1.54) is 6.07 Å². The average Bonchev–Trinajstić information content (AvgIpc) is 2.64. The zero-order valence-corrected chi connectivity index (χ0v) is 7.94. The lowest BCUT2D eigenvalue weighted by Crippen LogP contribution is -2.29. The number of aromatic nitrogens is 1. The fourth-order valence-electron chi connectivity index (χ4n) is 1.95. The molecule has 0 fully saturated rings. The van der Waals surface area contributed by atoms with Crippen LogP contribution in [0, 0.1) is 0 Å². The SMILES string of the molecule is O=C(O)C(F)n1c2c(ccc1=O)CCC2. The first-order chi connectivity index (χ1) is 7.11. The molecule has 0 amide bonds. The summed E-state index contributed by atoms with van der Waals surface area (Å²) in [6.45, 7) is 0. The molecule has 80 valence electrons. The standard InChI is InChI=1S/C10H10FNO3/c11-9(10(14)15)12-7-3-1-2-6(7)4-5-8(12)13/h4-5,9H,1-3H2,(H,14,15). The largest absolute Gasteiger partial charge is 0.478 e. The first kappa shape index (κ1) is 9.89. The molecule has 0 bridgehead atoms. The van der Waals surface area contributed by atoms with Crippen molar-refractivity contribution in [1.29, 1.82) is 0 Å². The van der Waals surface area contributed by atoms with E-state index in [4.69, 9.17) is 5.11 Å². The van der Waals surface area contributed by atoms with Crippen molar-refractivity contribution >= 4 is 5.97 Å². The van der Waals surface area contributed by atoms with Gasteiger partial charge in [-0.15, -0.1) is 0 Å². The summed E-state index contributed by atoms with van der Waals surface area (Å²) in [6, 6.07) is 2.87. The maximum absolute atomic E-state index is 13.3. The lowest BCUT2D eigenvalue weighted by Gasteiger charge is -2.12. The number of aryl methyl sites for hydroxylation is 1. The van der Waals surface area contributed by atoms with E-state index in [0.717, 1.165) is 23.0 Å². The van der Waals surface area contributed by atoms with Crippen molar-refractivity contribution in [3.8, 4) is 0 Å². The molecule has 0 aliphatic heterocycles. The van der Waals surface area contributed by atoms with Crippen LogP contribution >= 0.6 is 0 Å². The maximum Gasteiger partial charge on any atom is 0.360 e. The number of alkyl halides is 1. The van der Waals surface area contributed by atoms with Crippen LogP contribution in [-0.2, 0) is 17.6 Å². The molecule has 1 unspecified atom stereocenters. The number of aliphatic carboxylic acids is 1. The van der Waals surface area contributed by atoms with Crippen molar-refractivity contribution in [3.05, 3.63) is 33.7 Å². The highest BCUT2D eigenvalue weighted by Gasteiger charge is 2.25. The molecule has 4 nitrogen and oxygen atoms in total. The predicted octanol–water partition coefficient (Wildman–Crippen LogP) is 0.890. The second-order valence-corrected chi connectivity index (χ2v) is 3.54. The van der Waals surface area contributed by atoms with Crippen LogP contribution in [0.5, 0.6) is 0 Å². The Morgan fingerprint density at radius 3 is 2.87 bits per heavy atom. The minimum Gasteiger partial charge on any atom is -0.478 e. The van der Waals surface area contributed by atoms with Crippen molar-refractivity contribution in [2.45, 2.75) is 25.6 Å². The first-order valence-electron chi connectivity index (χ1n) is 4.71. The molecule has 2 rings (SSSR count). The number of pyridine rings is 1. The predicted molar refractivity (Wildman–Crippen MR) is 50.5 cm³/mol. The maximum atomic E-state index is 13.3. The number of carboxylic acids is 1. The van der Waals surface area contributed by atoms with Gasteiger partial charge in [-0.3, -0.25) is 9.36 Å². The van der Waals surface area contributed by atoms with Crippen molar-refractivity contribution in [1.82, 2.24) is 4.57 Å². The van der Waals surface area contributed by atoms with Gasteiger partial charge in [0.2, 0.25) is 0 Å². The van der Waals surface area contributed by atoms with Gasteiger partial charge >= 0.3 is 5.97 Å². The van der Waals surface area contributed by atoms with Gasteiger partial charge in [-0.25, -0.2) is 9.18 Å². The van der Waals surface area contributed by atoms with Crippen molar-refractivity contribution in [3.63, 3.8) is 0 Å². The van der Waals surface area contributed by atoms with E-state index in [0.29, 0.717) is 12.1 Å². The Hall–Kier alpha value is -1.65. The summed E-state index contributed by atoms with van der Waals surface area (Å²) >= 11 is 0. The molecule has 1 aromatic heterocycles. The average molecular weight is 211 g/mol. The molecule has 1 N–H and O–H groups in total. The highest BCUT2D eigenvalue weighted by atomic mass is 19.1. The number of carbonyl (C=O) groups is 1. The van der Waals surface area contributed by atoms with Crippen LogP contribution in [0.25, 0.3) is 0 Å². The van der Waals surface area contributed by atoms with Gasteiger partial charge in [0, 0.05) is 11.8 Å². The van der Waals surface area contributed by atoms with Gasteiger partial charge < -0.3 is 5.11 Å². The fourth-order valence-corrected chi connectivity index (χ4v) is 1.95. The topological polar surface area (TPSA) is 59.3 Å². The molecule has 1 aliphatic carbocycles. The fraction of sp³-hybridized carbons (Fsp3) is 0.400. The molecule has 1 aromatic rings. The molecule has 0 saturated carbocycles. The third-order valence-corrected chi connectivity index (χ3v) is 2.62. The second kappa shape index (κ2) is 3.49. The molecule has 5 heteroatoms. The minimum atomic E-state index is -2.27. The van der Waals surface area contributed by atoms with Crippen LogP contribution in [-0.4, -0.2) is 15.6 Å². The number of carboxylic acid groups (broad SMARTS) is 1. The van der Waals surface area contributed by atoms with Gasteiger partial charge in [0.25, 0.3) is 11.9 Å². The summed E-state index contributed by atoms with van der Waals surface area (Å²) in [5.41, 5.74) is 0.807. The quantitative estimate of drug-likeness (QED) is 0.790. The Balaban J connectivity index is 2.60. The van der Waals surface area contributed by atoms with Gasteiger partial charge in [0.1, 0.15) is 0 Å². The van der Waals surface area contributed by atoms with E-state index < -0.39 is 17.8 Å². The third kappa shape index (κ3) is 1.54. The number of hydrogen-bond acceptors (Lipinski definition) is 2. The van der Waals surface area contributed by atoms with Crippen molar-refractivity contribution < 1.29 is 14.3 Å². The molecule has 0 saturated heterocycles. The third-order valence-electron chi connectivity index (χ3n) is 2.62. The van der Waals surface area contributed by atoms with E-state index in [1.807, 2.05) is 0 Å². The molecule has 1 aliphatic rings. The minimum absolute atomic E-state index is 0.525. The smallest absolute Gasteiger partial charge is 0.360 e. The highest BCUT2D eigenvalue weighted by Crippen LogP contribution is 2.22. The summed E-state index contributed by atoms with van der Waals surface area (Å²) in [6.07, 6.45) is -0.0859. The number of rotatable bonds is 2. The van der Waals surface area contributed by atoms with Gasteiger partial charge in [0.05, 0.1) is 0 Å². The summed E-state index contributed by atoms with van der Waals surface area (Å²) in [4.78, 5) is 21.9. The molecule has 1 atom stereocenters. The van der Waals surface area contributed by atoms with E-state index in [-0.39, 0.29) is 0 Å². The molecule has 0 aromatic carbocycles. The molecule has 1 heterocycles. The molecule has 0 spiro atoms. The van der Waals surface area contributed by atoms with Gasteiger partial charge in [-0.05, 0) is 24.8 Å². The monoisotopic (exact) mass is 211 g/mol. The second-order valence-electron chi connectivity index (χ2n) is 3.54. The lowest BCUT2D eigenvalue weighted by molar-refractivity contribution is -0.146. The number of fused-ring (bicyclic) bond motifs is 1. The summed E-state index contributed by atoms with van der Waals surface area (Å²) < 4.78 is 14.1. The van der Waals surface area contributed by atoms with Gasteiger partial charge in [0.15, 0.2) is 0 Å². The van der Waals surface area contributed by atoms with Crippen LogP contribution in [0.15, 0.2) is 16.9 Å². The Labute approximate surface area is 85.0 Å². The number of hydrogen-bond donors (Lipinski definition) is 1. The van der Waals surface area contributed by atoms with Gasteiger partial charge in [-0.1, -0.05) is 6.07 Å². The van der Waals surface area contributed by atoms with Crippen LogP contribution in [0.1, 0.15) is 24.0 Å². The van der Waals surface area contributed by atoms with Crippen LogP contribution in [0.2, 0.25) is 0 Å².